The molecule has 2 aromatic rings. The van der Waals surface area contributed by atoms with Crippen molar-refractivity contribution in [2.45, 2.75) is 45.1 Å². The van der Waals surface area contributed by atoms with Crippen LogP contribution in [0.25, 0.3) is 11.1 Å². The maximum absolute atomic E-state index is 12.5. The van der Waals surface area contributed by atoms with Crippen molar-refractivity contribution in [3.8, 4) is 11.1 Å². The molecule has 8 heteroatoms. The van der Waals surface area contributed by atoms with E-state index in [1.807, 2.05) is 36.1 Å². The predicted molar refractivity (Wildman–Crippen MR) is 134 cm³/mol. The topological polar surface area (TPSA) is 101 Å². The zero-order valence-electron chi connectivity index (χ0n) is 20.6. The van der Waals surface area contributed by atoms with E-state index in [0.717, 1.165) is 41.0 Å². The molecule has 34 heavy (non-hydrogen) atoms. The second kappa shape index (κ2) is 10.0. The summed E-state index contributed by atoms with van der Waals surface area (Å²) in [6.45, 7) is 6.56. The number of carbonyl (C=O) groups excluding carboxylic acids is 2. The molecule has 2 fully saturated rings. The first-order valence-electron chi connectivity index (χ1n) is 12.0. The van der Waals surface area contributed by atoms with Gasteiger partial charge in [-0.15, -0.1) is 0 Å². The van der Waals surface area contributed by atoms with Crippen molar-refractivity contribution in [2.75, 3.05) is 51.0 Å². The number of piperazine rings is 1. The summed E-state index contributed by atoms with van der Waals surface area (Å²) in [5.74, 6) is 1.22. The SMILES string of the molecule is CNC(=O)c1cccc(-c2c(C3CC3)nc(N3CCN(C(=O)CCOC)[C@H](C)C3)c(N)c2C)c1. The Morgan fingerprint density at radius 1 is 1.26 bits per heavy atom. The number of benzene rings is 1. The molecular weight excluding hydrogens is 430 g/mol. The molecule has 3 N–H and O–H groups in total. The highest BCUT2D eigenvalue weighted by molar-refractivity contribution is 5.95. The van der Waals surface area contributed by atoms with E-state index >= 15 is 0 Å². The lowest BCUT2D eigenvalue weighted by atomic mass is 9.94. The molecule has 2 aliphatic rings. The van der Waals surface area contributed by atoms with Gasteiger partial charge in [0.25, 0.3) is 5.91 Å². The van der Waals surface area contributed by atoms with Gasteiger partial charge in [0.15, 0.2) is 5.82 Å². The Hall–Kier alpha value is -3.13. The van der Waals surface area contributed by atoms with E-state index in [0.29, 0.717) is 49.8 Å². The molecule has 1 atom stereocenters. The zero-order valence-corrected chi connectivity index (χ0v) is 20.6. The second-order valence-corrected chi connectivity index (χ2v) is 9.29. The summed E-state index contributed by atoms with van der Waals surface area (Å²) in [6, 6.07) is 7.72. The Kier molecular flexibility index (Phi) is 7.07. The number of amides is 2. The molecule has 4 rings (SSSR count). The minimum absolute atomic E-state index is 0.0629. The van der Waals surface area contributed by atoms with Gasteiger partial charge in [0.2, 0.25) is 5.91 Å². The largest absolute Gasteiger partial charge is 0.396 e. The van der Waals surface area contributed by atoms with Crippen LogP contribution < -0.4 is 16.0 Å². The molecule has 1 aromatic heterocycles. The van der Waals surface area contributed by atoms with E-state index in [2.05, 4.69) is 17.1 Å². The minimum atomic E-state index is -0.114. The van der Waals surface area contributed by atoms with Gasteiger partial charge in [-0.25, -0.2) is 4.98 Å². The molecule has 0 spiro atoms. The summed E-state index contributed by atoms with van der Waals surface area (Å²) >= 11 is 0. The smallest absolute Gasteiger partial charge is 0.251 e. The number of nitrogen functional groups attached to an aromatic ring is 1. The fourth-order valence-corrected chi connectivity index (χ4v) is 4.80. The Labute approximate surface area is 201 Å². The van der Waals surface area contributed by atoms with E-state index in [1.54, 1.807) is 14.2 Å². The van der Waals surface area contributed by atoms with E-state index < -0.39 is 0 Å². The minimum Gasteiger partial charge on any atom is -0.396 e. The molecular formula is C26H35N5O3. The third-order valence-corrected chi connectivity index (χ3v) is 6.87. The van der Waals surface area contributed by atoms with Gasteiger partial charge >= 0.3 is 0 Å². The molecule has 8 nitrogen and oxygen atoms in total. The maximum Gasteiger partial charge on any atom is 0.251 e. The van der Waals surface area contributed by atoms with Crippen LogP contribution in [-0.2, 0) is 9.53 Å². The Morgan fingerprint density at radius 3 is 2.68 bits per heavy atom. The van der Waals surface area contributed by atoms with Crippen LogP contribution in [0, 0.1) is 6.92 Å². The molecule has 0 radical (unpaired) electrons. The molecule has 1 aliphatic carbocycles. The Bertz CT molecular complexity index is 1080. The van der Waals surface area contributed by atoms with Crippen LogP contribution in [0.1, 0.15) is 53.7 Å². The second-order valence-electron chi connectivity index (χ2n) is 9.29. The number of anilines is 2. The summed E-state index contributed by atoms with van der Waals surface area (Å²) < 4.78 is 5.07. The van der Waals surface area contributed by atoms with Crippen LogP contribution in [0.4, 0.5) is 11.5 Å². The summed E-state index contributed by atoms with van der Waals surface area (Å²) in [5.41, 5.74) is 12.0. The number of carbonyl (C=O) groups is 2. The van der Waals surface area contributed by atoms with Crippen LogP contribution in [0.3, 0.4) is 0 Å². The normalized spacial score (nSPS) is 18.2. The lowest BCUT2D eigenvalue weighted by Gasteiger charge is -2.41. The fourth-order valence-electron chi connectivity index (χ4n) is 4.80. The standard InChI is InChI=1S/C26H35N5O3/c1-16-15-30(11-12-31(16)21(32)10-13-34-4)25-23(27)17(2)22(24(29-25)18-8-9-18)19-6-5-7-20(14-19)26(33)28-3/h5-7,14,16,18H,8-13,15,27H2,1-4H3,(H,28,33)/t16-/m1/s1. The van der Waals surface area contributed by atoms with E-state index in [1.165, 1.54) is 0 Å². The van der Waals surface area contributed by atoms with Gasteiger partial charge in [-0.1, -0.05) is 12.1 Å². The summed E-state index contributed by atoms with van der Waals surface area (Å²) in [7, 11) is 3.25. The summed E-state index contributed by atoms with van der Waals surface area (Å²) in [6.07, 6.45) is 2.61. The van der Waals surface area contributed by atoms with Gasteiger partial charge in [-0.05, 0) is 49.9 Å². The van der Waals surface area contributed by atoms with Gasteiger partial charge in [-0.2, -0.15) is 0 Å². The molecule has 2 heterocycles. The van der Waals surface area contributed by atoms with Crippen LogP contribution in [0.15, 0.2) is 24.3 Å². The third-order valence-electron chi connectivity index (χ3n) is 6.87. The van der Waals surface area contributed by atoms with E-state index in [-0.39, 0.29) is 17.9 Å². The first-order valence-corrected chi connectivity index (χ1v) is 12.0. The van der Waals surface area contributed by atoms with Crippen molar-refractivity contribution in [3.05, 3.63) is 41.1 Å². The summed E-state index contributed by atoms with van der Waals surface area (Å²) in [4.78, 5) is 34.0. The molecule has 0 unspecified atom stereocenters. The molecule has 182 valence electrons. The van der Waals surface area contributed by atoms with Gasteiger partial charge in [0.1, 0.15) is 0 Å². The number of aromatic nitrogens is 1. The Morgan fingerprint density at radius 2 is 2.03 bits per heavy atom. The first-order chi connectivity index (χ1) is 16.3. The average Bonchev–Trinajstić information content (AvgIpc) is 3.69. The van der Waals surface area contributed by atoms with Gasteiger partial charge in [0.05, 0.1) is 24.4 Å². The number of pyridine rings is 1. The number of nitrogens with zero attached hydrogens (tertiary/aromatic N) is 3. The average molecular weight is 466 g/mol. The molecule has 1 saturated heterocycles. The first kappa shape index (κ1) is 24.0. The predicted octanol–water partition coefficient (Wildman–Crippen LogP) is 2.95. The van der Waals surface area contributed by atoms with Crippen molar-refractivity contribution in [1.29, 1.82) is 0 Å². The van der Waals surface area contributed by atoms with Gasteiger partial charge in [0, 0.05) is 56.9 Å². The molecule has 1 aromatic carbocycles. The number of hydrogen-bond donors (Lipinski definition) is 2. The number of methoxy groups -OCH3 is 1. The van der Waals surface area contributed by atoms with Crippen molar-refractivity contribution >= 4 is 23.3 Å². The highest BCUT2D eigenvalue weighted by atomic mass is 16.5. The van der Waals surface area contributed by atoms with Crippen molar-refractivity contribution in [1.82, 2.24) is 15.2 Å². The number of nitrogens with one attached hydrogen (secondary N) is 1. The van der Waals surface area contributed by atoms with Crippen molar-refractivity contribution in [2.24, 2.45) is 0 Å². The quantitative estimate of drug-likeness (QED) is 0.652. The third kappa shape index (κ3) is 4.73. The number of ether oxygens (including phenoxy) is 1. The lowest BCUT2D eigenvalue weighted by molar-refractivity contribution is -0.134. The molecule has 0 bridgehead atoms. The Balaban J connectivity index is 1.66. The van der Waals surface area contributed by atoms with Gasteiger partial charge < -0.3 is 25.6 Å². The zero-order chi connectivity index (χ0) is 24.4. The van der Waals surface area contributed by atoms with E-state index in [4.69, 9.17) is 15.5 Å². The fraction of sp³-hybridized carbons (Fsp3) is 0.500. The van der Waals surface area contributed by atoms with E-state index in [9.17, 15) is 9.59 Å². The number of rotatable bonds is 7. The van der Waals surface area contributed by atoms with Crippen LogP contribution in [0.2, 0.25) is 0 Å². The van der Waals surface area contributed by atoms with Crippen LogP contribution in [-0.4, -0.2) is 68.1 Å². The van der Waals surface area contributed by atoms with Gasteiger partial charge in [-0.3, -0.25) is 9.59 Å². The van der Waals surface area contributed by atoms with Crippen molar-refractivity contribution in [3.63, 3.8) is 0 Å². The number of hydrogen-bond acceptors (Lipinski definition) is 6. The highest BCUT2D eigenvalue weighted by Gasteiger charge is 2.34. The van der Waals surface area contributed by atoms with Crippen molar-refractivity contribution < 1.29 is 14.3 Å². The highest BCUT2D eigenvalue weighted by Crippen LogP contribution is 2.47. The van der Waals surface area contributed by atoms with Crippen LogP contribution in [0.5, 0.6) is 0 Å². The molecule has 1 aliphatic heterocycles. The van der Waals surface area contributed by atoms with Crippen LogP contribution >= 0.6 is 0 Å². The maximum atomic E-state index is 12.5. The molecule has 1 saturated carbocycles. The molecule has 2 amide bonds. The summed E-state index contributed by atoms with van der Waals surface area (Å²) in [5, 5.41) is 2.69. The lowest BCUT2D eigenvalue weighted by Crippen LogP contribution is -2.54. The number of nitrogens with two attached hydrogens (primary N) is 1. The monoisotopic (exact) mass is 465 g/mol.